The average Bonchev–Trinajstić information content (AvgIpc) is 3.19. The molecular formula is C16H30IN5. The zero-order chi connectivity index (χ0) is 15.4. The fraction of sp³-hybridized carbons (Fsp3) is 0.688. The molecule has 0 bridgehead atoms. The number of aryl methyl sites for hydroxylation is 1. The standard InChI is InChI=1S/C16H29N5.HI/c1-17-16(18-11-15(19(2)3)13-8-9-13)21(5)12-14-7-6-10-20(14)4;/h6-7,10,13,15H,8-9,11-12H2,1-5H3,(H,17,18);1H. The molecule has 5 nitrogen and oxygen atoms in total. The molecule has 0 saturated heterocycles. The van der Waals surface area contributed by atoms with Gasteiger partial charge in [-0.05, 0) is 45.0 Å². The second-order valence-electron chi connectivity index (χ2n) is 6.26. The Balaban J connectivity index is 0.00000242. The van der Waals surface area contributed by atoms with Crippen molar-refractivity contribution in [3.63, 3.8) is 0 Å². The van der Waals surface area contributed by atoms with Crippen LogP contribution in [0.5, 0.6) is 0 Å². The third kappa shape index (κ3) is 5.15. The highest BCUT2D eigenvalue weighted by Gasteiger charge is 2.32. The minimum atomic E-state index is 0. The molecule has 0 spiro atoms. The van der Waals surface area contributed by atoms with Crippen LogP contribution in [0.25, 0.3) is 0 Å². The van der Waals surface area contributed by atoms with Gasteiger partial charge in [0.15, 0.2) is 5.96 Å². The molecule has 2 rings (SSSR count). The number of hydrogen-bond acceptors (Lipinski definition) is 2. The predicted octanol–water partition coefficient (Wildman–Crippen LogP) is 1.99. The maximum absolute atomic E-state index is 4.41. The summed E-state index contributed by atoms with van der Waals surface area (Å²) in [5.74, 6) is 1.81. The van der Waals surface area contributed by atoms with Crippen molar-refractivity contribution in [1.82, 2.24) is 19.7 Å². The zero-order valence-electron chi connectivity index (χ0n) is 14.4. The van der Waals surface area contributed by atoms with Gasteiger partial charge in [-0.2, -0.15) is 0 Å². The molecular weight excluding hydrogens is 389 g/mol. The van der Waals surface area contributed by atoms with E-state index < -0.39 is 0 Å². The van der Waals surface area contributed by atoms with E-state index in [-0.39, 0.29) is 24.0 Å². The molecule has 1 saturated carbocycles. The molecule has 1 aliphatic carbocycles. The molecule has 0 aliphatic heterocycles. The van der Waals surface area contributed by atoms with Crippen LogP contribution in [0.4, 0.5) is 0 Å². The Hall–Kier alpha value is -0.760. The van der Waals surface area contributed by atoms with E-state index in [9.17, 15) is 0 Å². The van der Waals surface area contributed by atoms with Crippen LogP contribution in [0.3, 0.4) is 0 Å². The largest absolute Gasteiger partial charge is 0.355 e. The number of likely N-dealkylation sites (N-methyl/N-ethyl adjacent to an activating group) is 1. The van der Waals surface area contributed by atoms with Crippen LogP contribution < -0.4 is 5.32 Å². The van der Waals surface area contributed by atoms with Gasteiger partial charge in [-0.3, -0.25) is 4.99 Å². The van der Waals surface area contributed by atoms with Gasteiger partial charge in [-0.15, -0.1) is 24.0 Å². The molecule has 1 atom stereocenters. The molecule has 1 N–H and O–H groups in total. The van der Waals surface area contributed by atoms with Crippen LogP contribution in [-0.2, 0) is 13.6 Å². The Kier molecular flexibility index (Phi) is 7.68. The van der Waals surface area contributed by atoms with Crippen LogP contribution in [-0.4, -0.2) is 61.1 Å². The second kappa shape index (κ2) is 8.76. The van der Waals surface area contributed by atoms with E-state index in [0.29, 0.717) is 6.04 Å². The molecule has 0 amide bonds. The molecule has 1 aliphatic rings. The van der Waals surface area contributed by atoms with Gasteiger partial charge in [0, 0.05) is 45.6 Å². The number of guanidine groups is 1. The number of aromatic nitrogens is 1. The number of nitrogens with one attached hydrogen (secondary N) is 1. The topological polar surface area (TPSA) is 35.8 Å². The zero-order valence-corrected chi connectivity index (χ0v) is 16.7. The van der Waals surface area contributed by atoms with Gasteiger partial charge < -0.3 is 19.7 Å². The number of rotatable bonds is 6. The lowest BCUT2D eigenvalue weighted by Crippen LogP contribution is -2.46. The molecule has 1 aromatic rings. The first-order valence-electron chi connectivity index (χ1n) is 7.71. The Morgan fingerprint density at radius 2 is 2.09 bits per heavy atom. The molecule has 0 aromatic carbocycles. The van der Waals surface area contributed by atoms with Gasteiger partial charge in [0.1, 0.15) is 0 Å². The van der Waals surface area contributed by atoms with Crippen LogP contribution in [0.1, 0.15) is 18.5 Å². The summed E-state index contributed by atoms with van der Waals surface area (Å²) in [6.07, 6.45) is 4.80. The Labute approximate surface area is 151 Å². The first-order chi connectivity index (χ1) is 10.0. The van der Waals surface area contributed by atoms with Crippen molar-refractivity contribution >= 4 is 29.9 Å². The lowest BCUT2D eigenvalue weighted by atomic mass is 10.1. The molecule has 22 heavy (non-hydrogen) atoms. The first-order valence-corrected chi connectivity index (χ1v) is 7.71. The van der Waals surface area contributed by atoms with Gasteiger partial charge in [0.25, 0.3) is 0 Å². The van der Waals surface area contributed by atoms with Crippen molar-refractivity contribution in [2.24, 2.45) is 18.0 Å². The van der Waals surface area contributed by atoms with E-state index in [1.807, 2.05) is 7.05 Å². The highest BCUT2D eigenvalue weighted by atomic mass is 127. The Morgan fingerprint density at radius 1 is 1.41 bits per heavy atom. The highest BCUT2D eigenvalue weighted by molar-refractivity contribution is 14.0. The van der Waals surface area contributed by atoms with E-state index in [2.05, 4.69) is 71.2 Å². The Morgan fingerprint density at radius 3 is 2.55 bits per heavy atom. The summed E-state index contributed by atoms with van der Waals surface area (Å²) in [6.45, 7) is 1.82. The monoisotopic (exact) mass is 419 g/mol. The van der Waals surface area contributed by atoms with Gasteiger partial charge in [-0.1, -0.05) is 0 Å². The van der Waals surface area contributed by atoms with Crippen molar-refractivity contribution in [2.75, 3.05) is 34.7 Å². The summed E-state index contributed by atoms with van der Waals surface area (Å²) in [5, 5.41) is 3.53. The number of aliphatic imine (C=N–C) groups is 1. The third-order valence-electron chi connectivity index (χ3n) is 4.32. The maximum Gasteiger partial charge on any atom is 0.193 e. The van der Waals surface area contributed by atoms with Crippen molar-refractivity contribution in [2.45, 2.75) is 25.4 Å². The SMILES string of the molecule is CN=C(NCC(C1CC1)N(C)C)N(C)Cc1cccn1C.I. The van der Waals surface area contributed by atoms with E-state index in [1.165, 1.54) is 18.5 Å². The molecule has 1 aromatic heterocycles. The molecule has 0 radical (unpaired) electrons. The highest BCUT2D eigenvalue weighted by Crippen LogP contribution is 2.34. The van der Waals surface area contributed by atoms with Crippen molar-refractivity contribution in [3.8, 4) is 0 Å². The van der Waals surface area contributed by atoms with Gasteiger partial charge in [0.2, 0.25) is 0 Å². The van der Waals surface area contributed by atoms with Crippen LogP contribution in [0.2, 0.25) is 0 Å². The smallest absolute Gasteiger partial charge is 0.193 e. The van der Waals surface area contributed by atoms with Gasteiger partial charge in [-0.25, -0.2) is 0 Å². The quantitative estimate of drug-likeness (QED) is 0.435. The predicted molar refractivity (Wildman–Crippen MR) is 104 cm³/mol. The average molecular weight is 419 g/mol. The summed E-state index contributed by atoms with van der Waals surface area (Å²) < 4.78 is 2.15. The van der Waals surface area contributed by atoms with Crippen LogP contribution in [0.15, 0.2) is 23.3 Å². The molecule has 1 unspecified atom stereocenters. The summed E-state index contributed by atoms with van der Waals surface area (Å²) in [7, 11) is 10.4. The number of nitrogens with zero attached hydrogens (tertiary/aromatic N) is 4. The summed E-state index contributed by atoms with van der Waals surface area (Å²) in [5.41, 5.74) is 1.28. The summed E-state index contributed by atoms with van der Waals surface area (Å²) in [4.78, 5) is 8.92. The Bertz CT molecular complexity index is 477. The fourth-order valence-electron chi connectivity index (χ4n) is 2.81. The lowest BCUT2D eigenvalue weighted by molar-refractivity contribution is 0.262. The first kappa shape index (κ1) is 19.3. The van der Waals surface area contributed by atoms with E-state index in [4.69, 9.17) is 0 Å². The van der Waals surface area contributed by atoms with Crippen LogP contribution in [0, 0.1) is 5.92 Å². The van der Waals surface area contributed by atoms with E-state index in [0.717, 1.165) is 25.0 Å². The third-order valence-corrected chi connectivity index (χ3v) is 4.32. The summed E-state index contributed by atoms with van der Waals surface area (Å²) >= 11 is 0. The van der Waals surface area contributed by atoms with Crippen LogP contribution >= 0.6 is 24.0 Å². The van der Waals surface area contributed by atoms with E-state index in [1.54, 1.807) is 0 Å². The minimum Gasteiger partial charge on any atom is -0.355 e. The lowest BCUT2D eigenvalue weighted by Gasteiger charge is -2.28. The van der Waals surface area contributed by atoms with E-state index >= 15 is 0 Å². The van der Waals surface area contributed by atoms with Gasteiger partial charge in [0.05, 0.1) is 6.54 Å². The van der Waals surface area contributed by atoms with Crippen molar-refractivity contribution < 1.29 is 0 Å². The maximum atomic E-state index is 4.41. The minimum absolute atomic E-state index is 0. The number of halogens is 1. The molecule has 6 heteroatoms. The van der Waals surface area contributed by atoms with Crippen molar-refractivity contribution in [3.05, 3.63) is 24.0 Å². The van der Waals surface area contributed by atoms with Crippen molar-refractivity contribution in [1.29, 1.82) is 0 Å². The molecule has 1 fully saturated rings. The van der Waals surface area contributed by atoms with Gasteiger partial charge >= 0.3 is 0 Å². The number of hydrogen-bond donors (Lipinski definition) is 1. The molecule has 126 valence electrons. The normalized spacial score (nSPS) is 16.4. The second-order valence-corrected chi connectivity index (χ2v) is 6.26. The fourth-order valence-corrected chi connectivity index (χ4v) is 2.81. The summed E-state index contributed by atoms with van der Waals surface area (Å²) in [6, 6.07) is 4.83. The molecule has 1 heterocycles.